The molecule has 0 saturated heterocycles. The molecule has 0 heteroatoms. The minimum Gasteiger partial charge on any atom is -0.0651 e. The highest BCUT2D eigenvalue weighted by Gasteiger charge is 2.12. The Balaban J connectivity index is 3.31. The van der Waals surface area contributed by atoms with Crippen LogP contribution in [0.15, 0.2) is 0 Å². The zero-order valence-electron chi connectivity index (χ0n) is 7.85. The van der Waals surface area contributed by atoms with Crippen LogP contribution in [0.1, 0.15) is 47.0 Å². The van der Waals surface area contributed by atoms with Gasteiger partial charge in [0.15, 0.2) is 0 Å². The Labute approximate surface area is 66.0 Å². The van der Waals surface area contributed by atoms with Crippen molar-refractivity contribution in [1.82, 2.24) is 0 Å². The molecule has 0 heterocycles. The molecule has 0 bridgehead atoms. The second kappa shape index (κ2) is 5.64. The molecule has 0 nitrogen and oxygen atoms in total. The Bertz CT molecular complexity index is 66.4. The summed E-state index contributed by atoms with van der Waals surface area (Å²) in [7, 11) is 0. The summed E-state index contributed by atoms with van der Waals surface area (Å²) in [5.74, 6) is 1.77. The van der Waals surface area contributed by atoms with E-state index in [1.807, 2.05) is 0 Å². The van der Waals surface area contributed by atoms with E-state index >= 15 is 0 Å². The lowest BCUT2D eigenvalue weighted by molar-refractivity contribution is 0.370. The van der Waals surface area contributed by atoms with Crippen molar-refractivity contribution in [2.45, 2.75) is 47.0 Å². The van der Waals surface area contributed by atoms with Gasteiger partial charge in [0.2, 0.25) is 0 Å². The third kappa shape index (κ3) is 3.81. The van der Waals surface area contributed by atoms with Gasteiger partial charge < -0.3 is 0 Å². The maximum absolute atomic E-state index is 2.39. The fourth-order valence-corrected chi connectivity index (χ4v) is 1.06. The SMILES string of the molecule is CC[CH+]CC(C)C(C)CC. The van der Waals surface area contributed by atoms with Gasteiger partial charge >= 0.3 is 0 Å². The molecule has 0 rings (SSSR count). The first-order valence-electron chi connectivity index (χ1n) is 4.54. The molecule has 60 valence electrons. The van der Waals surface area contributed by atoms with Crippen molar-refractivity contribution in [1.29, 1.82) is 0 Å². The lowest BCUT2D eigenvalue weighted by atomic mass is 9.89. The van der Waals surface area contributed by atoms with Crippen molar-refractivity contribution in [3.8, 4) is 0 Å². The van der Waals surface area contributed by atoms with Gasteiger partial charge in [-0.25, -0.2) is 0 Å². The van der Waals surface area contributed by atoms with Crippen molar-refractivity contribution in [2.75, 3.05) is 0 Å². The quantitative estimate of drug-likeness (QED) is 0.512. The molecule has 0 aliphatic carbocycles. The first kappa shape index (κ1) is 9.87. The molecule has 0 amide bonds. The molecule has 2 unspecified atom stereocenters. The minimum absolute atomic E-state index is 0.880. The van der Waals surface area contributed by atoms with E-state index in [0.717, 1.165) is 11.8 Å². The molecule has 10 heavy (non-hydrogen) atoms. The molecular formula is C10H21+. The van der Waals surface area contributed by atoms with E-state index in [4.69, 9.17) is 0 Å². The fourth-order valence-electron chi connectivity index (χ4n) is 1.06. The molecule has 0 aromatic rings. The Morgan fingerprint density at radius 2 is 1.70 bits per heavy atom. The largest absolute Gasteiger partial charge is 0.0903 e. The number of hydrogen-bond donors (Lipinski definition) is 0. The van der Waals surface area contributed by atoms with Gasteiger partial charge in [-0.15, -0.1) is 0 Å². The van der Waals surface area contributed by atoms with Gasteiger partial charge in [0.1, 0.15) is 0 Å². The van der Waals surface area contributed by atoms with Crippen LogP contribution in [0.3, 0.4) is 0 Å². The normalized spacial score (nSPS) is 16.4. The summed E-state index contributed by atoms with van der Waals surface area (Å²) in [4.78, 5) is 0. The van der Waals surface area contributed by atoms with Crippen molar-refractivity contribution < 1.29 is 0 Å². The molecule has 2 atom stereocenters. The average molecular weight is 141 g/mol. The van der Waals surface area contributed by atoms with E-state index in [2.05, 4.69) is 34.1 Å². The Morgan fingerprint density at radius 3 is 2.10 bits per heavy atom. The Hall–Kier alpha value is -0.130. The summed E-state index contributed by atoms with van der Waals surface area (Å²) in [5, 5.41) is 0. The molecule has 0 aliphatic heterocycles. The lowest BCUT2D eigenvalue weighted by Crippen LogP contribution is -2.06. The van der Waals surface area contributed by atoms with Crippen molar-refractivity contribution >= 4 is 0 Å². The molecule has 0 N–H and O–H groups in total. The van der Waals surface area contributed by atoms with Gasteiger partial charge in [0, 0.05) is 0 Å². The highest BCUT2D eigenvalue weighted by atomic mass is 14.1. The highest BCUT2D eigenvalue weighted by Crippen LogP contribution is 2.19. The monoisotopic (exact) mass is 141 g/mol. The number of rotatable bonds is 5. The van der Waals surface area contributed by atoms with E-state index in [1.54, 1.807) is 0 Å². The zero-order valence-corrected chi connectivity index (χ0v) is 7.85. The van der Waals surface area contributed by atoms with Crippen LogP contribution in [0.4, 0.5) is 0 Å². The third-order valence-corrected chi connectivity index (χ3v) is 2.44. The van der Waals surface area contributed by atoms with Crippen LogP contribution in [-0.4, -0.2) is 0 Å². The molecule has 0 aromatic carbocycles. The van der Waals surface area contributed by atoms with E-state index in [9.17, 15) is 0 Å². The molecular weight excluding hydrogens is 120 g/mol. The summed E-state index contributed by atoms with van der Waals surface area (Å²) in [5.41, 5.74) is 0. The Morgan fingerprint density at radius 1 is 1.10 bits per heavy atom. The van der Waals surface area contributed by atoms with Gasteiger partial charge in [-0.2, -0.15) is 0 Å². The fraction of sp³-hybridized carbons (Fsp3) is 0.900. The van der Waals surface area contributed by atoms with Crippen LogP contribution in [0.2, 0.25) is 0 Å². The number of hydrogen-bond acceptors (Lipinski definition) is 0. The van der Waals surface area contributed by atoms with Crippen LogP contribution in [0, 0.1) is 18.3 Å². The second-order valence-electron chi connectivity index (χ2n) is 3.30. The zero-order chi connectivity index (χ0) is 7.98. The van der Waals surface area contributed by atoms with Crippen LogP contribution in [0.25, 0.3) is 0 Å². The molecule has 0 aliphatic rings. The van der Waals surface area contributed by atoms with Crippen molar-refractivity contribution in [3.05, 3.63) is 6.42 Å². The van der Waals surface area contributed by atoms with E-state index in [0.29, 0.717) is 0 Å². The van der Waals surface area contributed by atoms with E-state index in [-0.39, 0.29) is 0 Å². The van der Waals surface area contributed by atoms with Crippen LogP contribution in [-0.2, 0) is 0 Å². The smallest absolute Gasteiger partial charge is 0.0651 e. The average Bonchev–Trinajstić information content (AvgIpc) is 1.98. The van der Waals surface area contributed by atoms with E-state index in [1.165, 1.54) is 19.3 Å². The van der Waals surface area contributed by atoms with Gasteiger partial charge in [-0.1, -0.05) is 27.2 Å². The summed E-state index contributed by atoms with van der Waals surface area (Å²) in [6.45, 7) is 9.17. The summed E-state index contributed by atoms with van der Waals surface area (Å²) < 4.78 is 0. The van der Waals surface area contributed by atoms with Gasteiger partial charge in [0.05, 0.1) is 19.3 Å². The van der Waals surface area contributed by atoms with Crippen LogP contribution in [0.5, 0.6) is 0 Å². The van der Waals surface area contributed by atoms with Gasteiger partial charge in [0.25, 0.3) is 0 Å². The second-order valence-corrected chi connectivity index (χ2v) is 3.30. The summed E-state index contributed by atoms with van der Waals surface area (Å²) in [6.07, 6.45) is 6.22. The predicted molar refractivity (Wildman–Crippen MR) is 47.8 cm³/mol. The molecule has 0 aromatic heterocycles. The standard InChI is InChI=1S/C10H21/c1-5-7-8-10(4)9(3)6-2/h7,9-10H,5-6,8H2,1-4H3/q+1. The molecule has 0 radical (unpaired) electrons. The molecule has 0 saturated carbocycles. The van der Waals surface area contributed by atoms with Gasteiger partial charge in [-0.3, -0.25) is 0 Å². The first-order chi connectivity index (χ1) is 4.72. The molecule has 0 spiro atoms. The lowest BCUT2D eigenvalue weighted by Gasteiger charge is -2.13. The van der Waals surface area contributed by atoms with Gasteiger partial charge in [-0.05, 0) is 18.8 Å². The molecule has 0 fully saturated rings. The number of unbranched alkanes of at least 4 members (excludes halogenated alkanes) is 1. The Kier molecular flexibility index (Phi) is 5.57. The topological polar surface area (TPSA) is 0 Å². The van der Waals surface area contributed by atoms with Crippen LogP contribution >= 0.6 is 0 Å². The third-order valence-electron chi connectivity index (χ3n) is 2.44. The maximum Gasteiger partial charge on any atom is 0.0903 e. The predicted octanol–water partition coefficient (Wildman–Crippen LogP) is 3.67. The highest BCUT2D eigenvalue weighted by molar-refractivity contribution is 4.69. The van der Waals surface area contributed by atoms with Crippen molar-refractivity contribution in [3.63, 3.8) is 0 Å². The minimum atomic E-state index is 0.880. The van der Waals surface area contributed by atoms with Crippen LogP contribution < -0.4 is 0 Å². The summed E-state index contributed by atoms with van der Waals surface area (Å²) >= 11 is 0. The maximum atomic E-state index is 2.39. The van der Waals surface area contributed by atoms with Crippen molar-refractivity contribution in [2.24, 2.45) is 11.8 Å². The first-order valence-corrected chi connectivity index (χ1v) is 4.54. The summed E-state index contributed by atoms with van der Waals surface area (Å²) in [6, 6.07) is 0. The van der Waals surface area contributed by atoms with E-state index < -0.39 is 0 Å².